The van der Waals surface area contributed by atoms with Crippen LogP contribution in [-0.4, -0.2) is 26.1 Å². The van der Waals surface area contributed by atoms with Gasteiger partial charge in [-0.2, -0.15) is 0 Å². The number of halogens is 1. The maximum absolute atomic E-state index is 12.1. The lowest BCUT2D eigenvalue weighted by Gasteiger charge is -2.08. The number of rotatable bonds is 4. The molecule has 0 unspecified atom stereocenters. The number of nitrogens with one attached hydrogen (secondary N) is 1. The van der Waals surface area contributed by atoms with E-state index in [1.54, 1.807) is 6.07 Å². The van der Waals surface area contributed by atoms with Crippen molar-refractivity contribution in [2.24, 2.45) is 0 Å². The quantitative estimate of drug-likeness (QED) is 0.807. The number of benzene rings is 1. The smallest absolute Gasteiger partial charge is 0.235 e. The molecule has 1 saturated carbocycles. The van der Waals surface area contributed by atoms with E-state index in [4.69, 9.17) is 5.73 Å². The third-order valence-corrected chi connectivity index (χ3v) is 4.73. The monoisotopic (exact) mass is 332 g/mol. The third kappa shape index (κ3) is 3.23. The summed E-state index contributed by atoms with van der Waals surface area (Å²) >= 11 is 3.18. The molecule has 0 spiro atoms. The van der Waals surface area contributed by atoms with E-state index in [0.29, 0.717) is 4.47 Å². The van der Waals surface area contributed by atoms with Crippen molar-refractivity contribution in [3.05, 3.63) is 22.7 Å². The summed E-state index contributed by atoms with van der Waals surface area (Å²) in [6, 6.07) is 4.70. The van der Waals surface area contributed by atoms with Crippen molar-refractivity contribution in [3.63, 3.8) is 0 Å². The lowest BCUT2D eigenvalue weighted by Crippen LogP contribution is -2.32. The van der Waals surface area contributed by atoms with E-state index in [1.807, 2.05) is 0 Å². The zero-order valence-corrected chi connectivity index (χ0v) is 11.9. The Morgan fingerprint density at radius 3 is 2.72 bits per heavy atom. The molecule has 0 bridgehead atoms. The molecule has 7 heteroatoms. The Hall–Kier alpha value is -1.08. The SMILES string of the molecule is Nc1ccc(Br)cc1S(=O)(=O)CC(=O)NC1CC1. The van der Waals surface area contributed by atoms with Gasteiger partial charge in [-0.15, -0.1) is 0 Å². The number of amides is 1. The highest BCUT2D eigenvalue weighted by Crippen LogP contribution is 2.24. The van der Waals surface area contributed by atoms with Crippen molar-refractivity contribution < 1.29 is 13.2 Å². The summed E-state index contributed by atoms with van der Waals surface area (Å²) in [7, 11) is -3.70. The summed E-state index contributed by atoms with van der Waals surface area (Å²) in [5, 5.41) is 2.64. The van der Waals surface area contributed by atoms with Crippen LogP contribution in [0.2, 0.25) is 0 Å². The van der Waals surface area contributed by atoms with Gasteiger partial charge in [0.25, 0.3) is 0 Å². The summed E-state index contributed by atoms with van der Waals surface area (Å²) in [5.41, 5.74) is 5.78. The van der Waals surface area contributed by atoms with Crippen LogP contribution in [0.15, 0.2) is 27.6 Å². The Morgan fingerprint density at radius 2 is 2.11 bits per heavy atom. The predicted molar refractivity (Wildman–Crippen MR) is 71.8 cm³/mol. The highest BCUT2D eigenvalue weighted by Gasteiger charge is 2.27. The molecule has 3 N–H and O–H groups in total. The minimum Gasteiger partial charge on any atom is -0.398 e. The minimum atomic E-state index is -3.70. The molecule has 18 heavy (non-hydrogen) atoms. The van der Waals surface area contributed by atoms with Crippen molar-refractivity contribution in [1.29, 1.82) is 0 Å². The zero-order chi connectivity index (χ0) is 13.3. The zero-order valence-electron chi connectivity index (χ0n) is 9.52. The average molecular weight is 333 g/mol. The van der Waals surface area contributed by atoms with Crippen molar-refractivity contribution in [2.75, 3.05) is 11.5 Å². The van der Waals surface area contributed by atoms with Crippen LogP contribution in [0, 0.1) is 0 Å². The summed E-state index contributed by atoms with van der Waals surface area (Å²) < 4.78 is 24.7. The van der Waals surface area contributed by atoms with E-state index in [1.165, 1.54) is 12.1 Å². The molecule has 1 aromatic rings. The van der Waals surface area contributed by atoms with E-state index < -0.39 is 21.5 Å². The first-order valence-corrected chi connectivity index (χ1v) is 7.90. The number of anilines is 1. The highest BCUT2D eigenvalue weighted by molar-refractivity contribution is 9.10. The van der Waals surface area contributed by atoms with Crippen LogP contribution >= 0.6 is 15.9 Å². The number of nitrogen functional groups attached to an aromatic ring is 1. The van der Waals surface area contributed by atoms with Crippen LogP contribution in [-0.2, 0) is 14.6 Å². The second-order valence-electron chi connectivity index (χ2n) is 4.28. The number of carbonyl (C=O) groups is 1. The number of hydrogen-bond acceptors (Lipinski definition) is 4. The molecule has 1 aliphatic rings. The average Bonchev–Trinajstić information content (AvgIpc) is 3.04. The van der Waals surface area contributed by atoms with E-state index in [-0.39, 0.29) is 16.6 Å². The lowest BCUT2D eigenvalue weighted by molar-refractivity contribution is -0.118. The Bertz CT molecular complexity index is 582. The maximum atomic E-state index is 12.1. The summed E-state index contributed by atoms with van der Waals surface area (Å²) in [6.07, 6.45) is 1.84. The predicted octanol–water partition coefficient (Wildman–Crippen LogP) is 1.08. The van der Waals surface area contributed by atoms with Gasteiger partial charge in [-0.1, -0.05) is 15.9 Å². The van der Waals surface area contributed by atoms with Crippen LogP contribution in [0.3, 0.4) is 0 Å². The summed E-state index contributed by atoms with van der Waals surface area (Å²) in [4.78, 5) is 11.5. The fourth-order valence-electron chi connectivity index (χ4n) is 1.52. The first kappa shape index (κ1) is 13.4. The van der Waals surface area contributed by atoms with Gasteiger partial charge < -0.3 is 11.1 Å². The van der Waals surface area contributed by atoms with E-state index >= 15 is 0 Å². The molecule has 0 heterocycles. The van der Waals surface area contributed by atoms with Crippen LogP contribution < -0.4 is 11.1 Å². The number of nitrogens with two attached hydrogens (primary N) is 1. The molecule has 1 amide bonds. The van der Waals surface area contributed by atoms with E-state index in [9.17, 15) is 13.2 Å². The normalized spacial score (nSPS) is 15.4. The Morgan fingerprint density at radius 1 is 1.44 bits per heavy atom. The topological polar surface area (TPSA) is 89.3 Å². The van der Waals surface area contributed by atoms with E-state index in [0.717, 1.165) is 12.8 Å². The molecule has 5 nitrogen and oxygen atoms in total. The molecule has 0 aliphatic heterocycles. The molecule has 0 aromatic heterocycles. The molecule has 1 aromatic carbocycles. The van der Waals surface area contributed by atoms with Gasteiger partial charge in [0.2, 0.25) is 5.91 Å². The fraction of sp³-hybridized carbons (Fsp3) is 0.364. The first-order chi connectivity index (χ1) is 8.38. The van der Waals surface area contributed by atoms with Gasteiger partial charge in [0.1, 0.15) is 5.75 Å². The lowest BCUT2D eigenvalue weighted by atomic mass is 10.3. The Balaban J connectivity index is 2.18. The van der Waals surface area contributed by atoms with Gasteiger partial charge in [-0.05, 0) is 31.0 Å². The van der Waals surface area contributed by atoms with E-state index in [2.05, 4.69) is 21.2 Å². The minimum absolute atomic E-state index is 0.0113. The van der Waals surface area contributed by atoms with Gasteiger partial charge in [0.05, 0.1) is 10.6 Å². The van der Waals surface area contributed by atoms with Crippen molar-refractivity contribution >= 4 is 37.4 Å². The van der Waals surface area contributed by atoms with Crippen molar-refractivity contribution in [3.8, 4) is 0 Å². The number of carbonyl (C=O) groups excluding carboxylic acids is 1. The van der Waals surface area contributed by atoms with Gasteiger partial charge in [0.15, 0.2) is 9.84 Å². The standard InChI is InChI=1S/C11H13BrN2O3S/c12-7-1-4-9(13)10(5-7)18(16,17)6-11(15)14-8-2-3-8/h1,4-5,8H,2-3,6,13H2,(H,14,15). The third-order valence-electron chi connectivity index (χ3n) is 2.57. The van der Waals surface area contributed by atoms with Crippen molar-refractivity contribution in [2.45, 2.75) is 23.8 Å². The van der Waals surface area contributed by atoms with Crippen LogP contribution in [0.5, 0.6) is 0 Å². The second-order valence-corrected chi connectivity index (χ2v) is 7.16. The van der Waals surface area contributed by atoms with Crippen LogP contribution in [0.1, 0.15) is 12.8 Å². The van der Waals surface area contributed by atoms with Gasteiger partial charge in [-0.3, -0.25) is 4.79 Å². The highest BCUT2D eigenvalue weighted by atomic mass is 79.9. The van der Waals surface area contributed by atoms with Crippen molar-refractivity contribution in [1.82, 2.24) is 5.32 Å². The first-order valence-electron chi connectivity index (χ1n) is 5.45. The largest absolute Gasteiger partial charge is 0.398 e. The fourth-order valence-corrected chi connectivity index (χ4v) is 3.36. The second kappa shape index (κ2) is 4.89. The molecule has 2 rings (SSSR count). The molecule has 0 saturated heterocycles. The molecular weight excluding hydrogens is 320 g/mol. The van der Waals surface area contributed by atoms with Crippen LogP contribution in [0.25, 0.3) is 0 Å². The molecule has 1 fully saturated rings. The van der Waals surface area contributed by atoms with Crippen LogP contribution in [0.4, 0.5) is 5.69 Å². The number of sulfone groups is 1. The molecule has 0 radical (unpaired) electrons. The molecular formula is C11H13BrN2O3S. The molecule has 1 aliphatic carbocycles. The Kier molecular flexibility index (Phi) is 3.63. The summed E-state index contributed by atoms with van der Waals surface area (Å²) in [6.45, 7) is 0. The maximum Gasteiger partial charge on any atom is 0.235 e. The number of hydrogen-bond donors (Lipinski definition) is 2. The van der Waals surface area contributed by atoms with Gasteiger partial charge in [0, 0.05) is 10.5 Å². The van der Waals surface area contributed by atoms with Gasteiger partial charge >= 0.3 is 0 Å². The summed E-state index contributed by atoms with van der Waals surface area (Å²) in [5.74, 6) is -1.04. The molecule has 98 valence electrons. The molecule has 0 atom stereocenters. The Labute approximate surface area is 114 Å². The van der Waals surface area contributed by atoms with Gasteiger partial charge in [-0.25, -0.2) is 8.42 Å².